The lowest BCUT2D eigenvalue weighted by Crippen LogP contribution is -2.53. The molecule has 248 valence electrons. The Hall–Kier alpha value is -4.83. The molecule has 0 aliphatic heterocycles. The van der Waals surface area contributed by atoms with Crippen LogP contribution in [-0.4, -0.2) is 58.5 Å². The third-order valence-electron chi connectivity index (χ3n) is 7.69. The van der Waals surface area contributed by atoms with Crippen LogP contribution in [0.1, 0.15) is 30.5 Å². The van der Waals surface area contributed by atoms with E-state index in [-0.39, 0.29) is 35.4 Å². The number of carbonyl (C=O) groups excluding carboxylic acids is 2. The Bertz CT molecular complexity index is 1730. The van der Waals surface area contributed by atoms with Crippen LogP contribution in [0.15, 0.2) is 108 Å². The molecule has 0 saturated carbocycles. The van der Waals surface area contributed by atoms with Gasteiger partial charge in [-0.25, -0.2) is 8.42 Å². The maximum atomic E-state index is 14.6. The summed E-state index contributed by atoms with van der Waals surface area (Å²) in [7, 11) is -1.31. The fourth-order valence-electron chi connectivity index (χ4n) is 5.10. The summed E-state index contributed by atoms with van der Waals surface area (Å²) in [5, 5.41) is 3.00. The van der Waals surface area contributed by atoms with Gasteiger partial charge in [0.25, 0.3) is 10.0 Å². The lowest BCUT2D eigenvalue weighted by atomic mass is 10.0. The molecule has 0 spiro atoms. The van der Waals surface area contributed by atoms with E-state index >= 15 is 0 Å². The molecule has 10 heteroatoms. The van der Waals surface area contributed by atoms with E-state index in [1.165, 1.54) is 37.3 Å². The molecular weight excluding hydrogens is 614 g/mol. The molecule has 0 heterocycles. The number of nitrogens with one attached hydrogen (secondary N) is 1. The summed E-state index contributed by atoms with van der Waals surface area (Å²) in [4.78, 5) is 30.0. The van der Waals surface area contributed by atoms with E-state index in [1.807, 2.05) is 81.4 Å². The van der Waals surface area contributed by atoms with Crippen LogP contribution < -0.4 is 19.1 Å². The van der Waals surface area contributed by atoms with Gasteiger partial charge in [-0.3, -0.25) is 13.9 Å². The standard InChI is InChI=1S/C37H43N3O6S/c1-27(2)24-38-37(42)33(22-29-12-8-6-9-13-29)39(25-30-14-10-7-11-15-30)36(41)26-40(31-18-21-34(45-4)35(23-31)46-5)47(43,44)32-19-16-28(3)17-20-32/h6-21,23,27,33H,22,24-26H2,1-5H3,(H,38,42)/t33-/m0/s1. The van der Waals surface area contributed by atoms with Gasteiger partial charge in [0, 0.05) is 25.6 Å². The zero-order chi connectivity index (χ0) is 34.0. The highest BCUT2D eigenvalue weighted by atomic mass is 32.2. The van der Waals surface area contributed by atoms with Crippen molar-refractivity contribution in [3.8, 4) is 11.5 Å². The minimum atomic E-state index is -4.25. The predicted molar refractivity (Wildman–Crippen MR) is 184 cm³/mol. The molecule has 0 aliphatic carbocycles. The van der Waals surface area contributed by atoms with Gasteiger partial charge in [0.15, 0.2) is 11.5 Å². The molecule has 2 amide bonds. The maximum Gasteiger partial charge on any atom is 0.264 e. The minimum Gasteiger partial charge on any atom is -0.493 e. The predicted octanol–water partition coefficient (Wildman–Crippen LogP) is 5.62. The number of nitrogens with zero attached hydrogens (tertiary/aromatic N) is 2. The Labute approximate surface area is 278 Å². The van der Waals surface area contributed by atoms with Crippen molar-refractivity contribution in [1.29, 1.82) is 0 Å². The number of aryl methyl sites for hydroxylation is 1. The monoisotopic (exact) mass is 657 g/mol. The van der Waals surface area contributed by atoms with Gasteiger partial charge >= 0.3 is 0 Å². The Balaban J connectivity index is 1.82. The number of amides is 2. The average Bonchev–Trinajstić information content (AvgIpc) is 3.08. The molecule has 0 fully saturated rings. The Morgan fingerprint density at radius 3 is 1.96 bits per heavy atom. The highest BCUT2D eigenvalue weighted by molar-refractivity contribution is 7.92. The summed E-state index contributed by atoms with van der Waals surface area (Å²) in [5.41, 5.74) is 2.77. The van der Waals surface area contributed by atoms with Crippen LogP contribution in [0.25, 0.3) is 0 Å². The lowest BCUT2D eigenvalue weighted by molar-refractivity contribution is -0.140. The fourth-order valence-corrected chi connectivity index (χ4v) is 6.51. The van der Waals surface area contributed by atoms with Gasteiger partial charge in [-0.2, -0.15) is 0 Å². The van der Waals surface area contributed by atoms with Crippen LogP contribution in [0.4, 0.5) is 5.69 Å². The summed E-state index contributed by atoms with van der Waals surface area (Å²) in [6, 6.07) is 29.0. The number of benzene rings is 4. The van der Waals surface area contributed by atoms with Crippen molar-refractivity contribution in [2.45, 2.75) is 44.7 Å². The molecule has 1 atom stereocenters. The number of rotatable bonds is 15. The molecule has 4 rings (SSSR count). The molecule has 0 unspecified atom stereocenters. The first kappa shape index (κ1) is 35.0. The molecule has 0 radical (unpaired) electrons. The highest BCUT2D eigenvalue weighted by Crippen LogP contribution is 2.34. The van der Waals surface area contributed by atoms with E-state index in [0.29, 0.717) is 18.0 Å². The number of carbonyl (C=O) groups is 2. The second-order valence-corrected chi connectivity index (χ2v) is 13.6. The molecule has 0 saturated heterocycles. The van der Waals surface area contributed by atoms with Crippen LogP contribution >= 0.6 is 0 Å². The van der Waals surface area contributed by atoms with Gasteiger partial charge < -0.3 is 19.7 Å². The van der Waals surface area contributed by atoms with Gasteiger partial charge in [0.2, 0.25) is 11.8 Å². The number of anilines is 1. The van der Waals surface area contributed by atoms with E-state index in [2.05, 4.69) is 5.32 Å². The van der Waals surface area contributed by atoms with Gasteiger partial charge in [0.1, 0.15) is 12.6 Å². The molecule has 0 aliphatic rings. The lowest BCUT2D eigenvalue weighted by Gasteiger charge is -2.34. The van der Waals surface area contributed by atoms with Crippen molar-refractivity contribution >= 4 is 27.5 Å². The Morgan fingerprint density at radius 2 is 1.38 bits per heavy atom. The first-order chi connectivity index (χ1) is 22.5. The molecule has 9 nitrogen and oxygen atoms in total. The van der Waals surface area contributed by atoms with E-state index in [1.54, 1.807) is 24.3 Å². The zero-order valence-corrected chi connectivity index (χ0v) is 28.4. The van der Waals surface area contributed by atoms with Crippen molar-refractivity contribution in [2.75, 3.05) is 31.6 Å². The molecular formula is C37H43N3O6S. The Kier molecular flexibility index (Phi) is 12.0. The van der Waals surface area contributed by atoms with Gasteiger partial charge in [-0.15, -0.1) is 0 Å². The maximum absolute atomic E-state index is 14.6. The topological polar surface area (TPSA) is 105 Å². The molecule has 0 aromatic heterocycles. The van der Waals surface area contributed by atoms with Crippen LogP contribution in [0.2, 0.25) is 0 Å². The smallest absolute Gasteiger partial charge is 0.264 e. The van der Waals surface area contributed by atoms with Crippen LogP contribution in [0.3, 0.4) is 0 Å². The summed E-state index contributed by atoms with van der Waals surface area (Å²) >= 11 is 0. The van der Waals surface area contributed by atoms with Crippen molar-refractivity contribution in [3.05, 3.63) is 120 Å². The largest absolute Gasteiger partial charge is 0.493 e. The second-order valence-electron chi connectivity index (χ2n) is 11.7. The van der Waals surface area contributed by atoms with Crippen molar-refractivity contribution in [1.82, 2.24) is 10.2 Å². The summed E-state index contributed by atoms with van der Waals surface area (Å²) in [6.45, 7) is 5.81. The highest BCUT2D eigenvalue weighted by Gasteiger charge is 2.35. The molecule has 4 aromatic rings. The summed E-state index contributed by atoms with van der Waals surface area (Å²) in [5.74, 6) is 0.0454. The summed E-state index contributed by atoms with van der Waals surface area (Å²) < 4.78 is 40.5. The molecule has 1 N–H and O–H groups in total. The van der Waals surface area contributed by atoms with Crippen molar-refractivity contribution in [2.24, 2.45) is 5.92 Å². The quantitative estimate of drug-likeness (QED) is 0.178. The number of hydrogen-bond donors (Lipinski definition) is 1. The zero-order valence-electron chi connectivity index (χ0n) is 27.6. The first-order valence-electron chi connectivity index (χ1n) is 15.5. The molecule has 0 bridgehead atoms. The average molecular weight is 658 g/mol. The third kappa shape index (κ3) is 9.13. The second kappa shape index (κ2) is 16.1. The number of methoxy groups -OCH3 is 2. The number of sulfonamides is 1. The normalized spacial score (nSPS) is 11.9. The summed E-state index contributed by atoms with van der Waals surface area (Å²) in [6.07, 6.45) is 0.240. The first-order valence-corrected chi connectivity index (χ1v) is 16.9. The van der Waals surface area contributed by atoms with Crippen molar-refractivity contribution < 1.29 is 27.5 Å². The minimum absolute atomic E-state index is 0.0239. The van der Waals surface area contributed by atoms with E-state index in [4.69, 9.17) is 9.47 Å². The van der Waals surface area contributed by atoms with Crippen LogP contribution in [-0.2, 0) is 32.6 Å². The third-order valence-corrected chi connectivity index (χ3v) is 9.48. The van der Waals surface area contributed by atoms with Crippen LogP contribution in [0.5, 0.6) is 11.5 Å². The van der Waals surface area contributed by atoms with E-state index in [0.717, 1.165) is 21.0 Å². The van der Waals surface area contributed by atoms with Crippen molar-refractivity contribution in [3.63, 3.8) is 0 Å². The molecule has 47 heavy (non-hydrogen) atoms. The van der Waals surface area contributed by atoms with E-state index in [9.17, 15) is 18.0 Å². The van der Waals surface area contributed by atoms with Crippen LogP contribution in [0, 0.1) is 12.8 Å². The van der Waals surface area contributed by atoms with Gasteiger partial charge in [-0.05, 0) is 48.2 Å². The van der Waals surface area contributed by atoms with Gasteiger partial charge in [-0.1, -0.05) is 92.2 Å². The molecule has 4 aromatic carbocycles. The van der Waals surface area contributed by atoms with Gasteiger partial charge in [0.05, 0.1) is 24.8 Å². The number of ether oxygens (including phenoxy) is 2. The SMILES string of the molecule is COc1ccc(N(CC(=O)N(Cc2ccccc2)[C@@H](Cc2ccccc2)C(=O)NCC(C)C)S(=O)(=O)c2ccc(C)cc2)cc1OC. The number of hydrogen-bond acceptors (Lipinski definition) is 6. The van der Waals surface area contributed by atoms with E-state index < -0.39 is 28.5 Å². The Morgan fingerprint density at radius 1 is 0.787 bits per heavy atom. The fraction of sp³-hybridized carbons (Fsp3) is 0.297.